The molecule has 0 fully saturated rings. The molecule has 98 valence electrons. The zero-order chi connectivity index (χ0) is 13.2. The van der Waals surface area contributed by atoms with Crippen LogP contribution in [0, 0.1) is 11.8 Å². The van der Waals surface area contributed by atoms with Gasteiger partial charge in [-0.1, -0.05) is 25.2 Å². The zero-order valence-electron chi connectivity index (χ0n) is 11.2. The first-order valence-electron chi connectivity index (χ1n) is 6.25. The molecule has 0 atom stereocenters. The van der Waals surface area contributed by atoms with Gasteiger partial charge in [0, 0.05) is 16.9 Å². The van der Waals surface area contributed by atoms with Gasteiger partial charge in [0.05, 0.1) is 13.7 Å². The van der Waals surface area contributed by atoms with Crippen LogP contribution >= 0.6 is 11.8 Å². The van der Waals surface area contributed by atoms with E-state index >= 15 is 0 Å². The van der Waals surface area contributed by atoms with Gasteiger partial charge in [0.2, 0.25) is 0 Å². The Labute approximate surface area is 114 Å². The van der Waals surface area contributed by atoms with Crippen LogP contribution in [0.1, 0.15) is 30.9 Å². The normalized spacial score (nSPS) is 9.72. The summed E-state index contributed by atoms with van der Waals surface area (Å²) in [5, 5.41) is 0. The highest BCUT2D eigenvalue weighted by Crippen LogP contribution is 2.24. The average molecular weight is 263 g/mol. The van der Waals surface area contributed by atoms with Crippen molar-refractivity contribution in [2.75, 3.05) is 19.4 Å². The maximum Gasteiger partial charge on any atom is 0.122 e. The van der Waals surface area contributed by atoms with E-state index in [-0.39, 0.29) is 0 Å². The average Bonchev–Trinajstić information content (AvgIpc) is 2.41. The molecular weight excluding hydrogens is 242 g/mol. The lowest BCUT2D eigenvalue weighted by molar-refractivity contribution is 0.411. The molecule has 0 heterocycles. The highest BCUT2D eigenvalue weighted by molar-refractivity contribution is 7.98. The molecule has 0 aliphatic heterocycles. The van der Waals surface area contributed by atoms with Crippen LogP contribution in [0.3, 0.4) is 0 Å². The minimum atomic E-state index is 0.395. The van der Waals surface area contributed by atoms with Crippen LogP contribution in [0.2, 0.25) is 0 Å². The topological polar surface area (TPSA) is 35.2 Å². The Morgan fingerprint density at radius 1 is 1.39 bits per heavy atom. The van der Waals surface area contributed by atoms with Gasteiger partial charge in [-0.25, -0.2) is 0 Å². The Balaban J connectivity index is 2.72. The molecule has 0 aromatic heterocycles. The number of benzene rings is 1. The van der Waals surface area contributed by atoms with Crippen LogP contribution in [0.15, 0.2) is 18.2 Å². The van der Waals surface area contributed by atoms with E-state index in [1.807, 2.05) is 23.9 Å². The molecule has 1 aromatic rings. The third kappa shape index (κ3) is 5.03. The number of unbranched alkanes of at least 4 members (excludes halogenated alkanes) is 1. The highest BCUT2D eigenvalue weighted by Gasteiger charge is 2.03. The molecule has 2 N–H and O–H groups in total. The molecule has 0 unspecified atom stereocenters. The maximum atomic E-state index is 5.38. The molecule has 0 amide bonds. The lowest BCUT2D eigenvalue weighted by Crippen LogP contribution is -1.94. The summed E-state index contributed by atoms with van der Waals surface area (Å²) in [7, 11) is 1.71. The van der Waals surface area contributed by atoms with Gasteiger partial charge in [-0.3, -0.25) is 0 Å². The van der Waals surface area contributed by atoms with E-state index < -0.39 is 0 Å². The van der Waals surface area contributed by atoms with E-state index in [1.54, 1.807) is 7.11 Å². The van der Waals surface area contributed by atoms with Gasteiger partial charge in [-0.05, 0) is 30.4 Å². The van der Waals surface area contributed by atoms with Gasteiger partial charge >= 0.3 is 0 Å². The largest absolute Gasteiger partial charge is 0.496 e. The van der Waals surface area contributed by atoms with Gasteiger partial charge in [0.1, 0.15) is 5.75 Å². The molecule has 3 heteroatoms. The monoisotopic (exact) mass is 263 g/mol. The van der Waals surface area contributed by atoms with Crippen molar-refractivity contribution in [3.05, 3.63) is 29.3 Å². The van der Waals surface area contributed by atoms with Crippen molar-refractivity contribution in [2.24, 2.45) is 5.73 Å². The van der Waals surface area contributed by atoms with E-state index in [2.05, 4.69) is 24.8 Å². The van der Waals surface area contributed by atoms with Gasteiger partial charge in [0.15, 0.2) is 0 Å². The summed E-state index contributed by atoms with van der Waals surface area (Å²) in [5.74, 6) is 9.04. The van der Waals surface area contributed by atoms with Gasteiger partial charge < -0.3 is 10.5 Å². The van der Waals surface area contributed by atoms with Gasteiger partial charge in [-0.15, -0.1) is 0 Å². The fourth-order valence-corrected chi connectivity index (χ4v) is 2.63. The van der Waals surface area contributed by atoms with Crippen LogP contribution in [0.5, 0.6) is 5.75 Å². The minimum absolute atomic E-state index is 0.395. The minimum Gasteiger partial charge on any atom is -0.496 e. The lowest BCUT2D eigenvalue weighted by Gasteiger charge is -2.08. The Morgan fingerprint density at radius 2 is 2.22 bits per heavy atom. The fourth-order valence-electron chi connectivity index (χ4n) is 1.55. The summed E-state index contributed by atoms with van der Waals surface area (Å²) in [4.78, 5) is 0. The maximum absolute atomic E-state index is 5.38. The second-order valence-corrected chi connectivity index (χ2v) is 5.04. The summed E-state index contributed by atoms with van der Waals surface area (Å²) in [6, 6.07) is 6.05. The third-order valence-corrected chi connectivity index (χ3v) is 3.61. The van der Waals surface area contributed by atoms with Crippen molar-refractivity contribution in [3.8, 4) is 17.6 Å². The Morgan fingerprint density at radius 3 is 2.89 bits per heavy atom. The number of ether oxygens (including phenoxy) is 1. The molecule has 0 saturated carbocycles. The molecule has 0 spiro atoms. The summed E-state index contributed by atoms with van der Waals surface area (Å²) in [6.45, 7) is 2.61. The molecule has 0 bridgehead atoms. The number of nitrogens with two attached hydrogens (primary N) is 1. The van der Waals surface area contributed by atoms with E-state index in [1.165, 1.54) is 24.2 Å². The first-order valence-corrected chi connectivity index (χ1v) is 7.40. The van der Waals surface area contributed by atoms with Crippen LogP contribution < -0.4 is 10.5 Å². The van der Waals surface area contributed by atoms with Crippen LogP contribution in [-0.2, 0) is 5.75 Å². The quantitative estimate of drug-likeness (QED) is 0.633. The third-order valence-electron chi connectivity index (χ3n) is 2.51. The molecule has 0 saturated heterocycles. The highest BCUT2D eigenvalue weighted by atomic mass is 32.2. The van der Waals surface area contributed by atoms with Crippen molar-refractivity contribution < 1.29 is 4.74 Å². The molecule has 0 aliphatic carbocycles. The van der Waals surface area contributed by atoms with Crippen molar-refractivity contribution >= 4 is 11.8 Å². The predicted octanol–water partition coefficient (Wildman–Crippen LogP) is 3.04. The van der Waals surface area contributed by atoms with Crippen molar-refractivity contribution in [1.29, 1.82) is 0 Å². The van der Waals surface area contributed by atoms with E-state index in [4.69, 9.17) is 10.5 Å². The SMILES string of the molecule is CCCCSCc1cc(C#CCN)ccc1OC. The molecule has 18 heavy (non-hydrogen) atoms. The molecular formula is C15H21NOS. The first-order chi connectivity index (χ1) is 8.81. The molecule has 2 nitrogen and oxygen atoms in total. The van der Waals surface area contributed by atoms with E-state index in [0.29, 0.717) is 6.54 Å². The summed E-state index contributed by atoms with van der Waals surface area (Å²) >= 11 is 1.94. The van der Waals surface area contributed by atoms with E-state index in [0.717, 1.165) is 17.1 Å². The van der Waals surface area contributed by atoms with Crippen LogP contribution in [0.25, 0.3) is 0 Å². The fraction of sp³-hybridized carbons (Fsp3) is 0.467. The Bertz CT molecular complexity index is 420. The predicted molar refractivity (Wildman–Crippen MR) is 80.0 cm³/mol. The van der Waals surface area contributed by atoms with E-state index in [9.17, 15) is 0 Å². The van der Waals surface area contributed by atoms with Crippen LogP contribution in [0.4, 0.5) is 0 Å². The summed E-state index contributed by atoms with van der Waals surface area (Å²) in [6.07, 6.45) is 2.51. The first kappa shape index (κ1) is 14.9. The molecule has 1 rings (SSSR count). The standard InChI is InChI=1S/C15H21NOS/c1-3-4-10-18-12-14-11-13(6-5-9-16)7-8-15(14)17-2/h7-8,11H,3-4,9-10,12,16H2,1-2H3. The number of hydrogen-bond acceptors (Lipinski definition) is 3. The second kappa shape index (κ2) is 8.91. The van der Waals surface area contributed by atoms with Crippen molar-refractivity contribution in [2.45, 2.75) is 25.5 Å². The Kier molecular flexibility index (Phi) is 7.40. The van der Waals surface area contributed by atoms with Gasteiger partial charge in [-0.2, -0.15) is 11.8 Å². The number of hydrogen-bond donors (Lipinski definition) is 1. The van der Waals surface area contributed by atoms with Gasteiger partial charge in [0.25, 0.3) is 0 Å². The summed E-state index contributed by atoms with van der Waals surface area (Å²) in [5.41, 5.74) is 7.60. The summed E-state index contributed by atoms with van der Waals surface area (Å²) < 4.78 is 5.38. The molecule has 0 radical (unpaired) electrons. The second-order valence-electron chi connectivity index (χ2n) is 3.94. The van der Waals surface area contributed by atoms with Crippen molar-refractivity contribution in [3.63, 3.8) is 0 Å². The smallest absolute Gasteiger partial charge is 0.122 e. The number of methoxy groups -OCH3 is 1. The Hall–Kier alpha value is -1.11. The van der Waals surface area contributed by atoms with Crippen LogP contribution in [-0.4, -0.2) is 19.4 Å². The number of thioether (sulfide) groups is 1. The van der Waals surface area contributed by atoms with Crippen molar-refractivity contribution in [1.82, 2.24) is 0 Å². The molecule has 0 aliphatic rings. The zero-order valence-corrected chi connectivity index (χ0v) is 12.0. The molecule has 1 aromatic carbocycles. The lowest BCUT2D eigenvalue weighted by atomic mass is 10.1. The number of rotatable bonds is 6.